The molecule has 8 nitrogen and oxygen atoms in total. The summed E-state index contributed by atoms with van der Waals surface area (Å²) >= 11 is 0. The Kier molecular flexibility index (Phi) is 6.62. The van der Waals surface area contributed by atoms with Crippen LogP contribution >= 0.6 is 0 Å². The van der Waals surface area contributed by atoms with Crippen LogP contribution < -0.4 is 5.32 Å². The van der Waals surface area contributed by atoms with E-state index in [4.69, 9.17) is 0 Å². The normalized spacial score (nSPS) is 18.8. The molecule has 36 heavy (non-hydrogen) atoms. The van der Waals surface area contributed by atoms with Gasteiger partial charge in [0, 0.05) is 31.0 Å². The number of halogens is 6. The van der Waals surface area contributed by atoms with Crippen molar-refractivity contribution >= 4 is 11.5 Å². The summed E-state index contributed by atoms with van der Waals surface area (Å²) in [6.07, 6.45) is -9.20. The first kappa shape index (κ1) is 25.4. The quantitative estimate of drug-likeness (QED) is 0.359. The lowest BCUT2D eigenvalue weighted by molar-refractivity contribution is -0.201. The van der Waals surface area contributed by atoms with Crippen molar-refractivity contribution in [1.29, 1.82) is 0 Å². The summed E-state index contributed by atoms with van der Waals surface area (Å²) in [5, 5.41) is 19.2. The highest BCUT2D eigenvalue weighted by molar-refractivity contribution is 5.98. The molecule has 1 unspecified atom stereocenters. The van der Waals surface area contributed by atoms with Gasteiger partial charge in [0.1, 0.15) is 5.69 Å². The largest absolute Gasteiger partial charge is 0.416 e. The number of aromatic nitrogens is 6. The lowest BCUT2D eigenvalue weighted by atomic mass is 9.78. The van der Waals surface area contributed by atoms with Crippen LogP contribution in [0.3, 0.4) is 0 Å². The molecule has 3 aromatic rings. The zero-order valence-electron chi connectivity index (χ0n) is 18.9. The minimum absolute atomic E-state index is 0.00855. The summed E-state index contributed by atoms with van der Waals surface area (Å²) in [5.41, 5.74) is -2.01. The van der Waals surface area contributed by atoms with E-state index in [-0.39, 0.29) is 36.5 Å². The van der Waals surface area contributed by atoms with E-state index in [0.29, 0.717) is 5.56 Å². The molecule has 1 amide bonds. The molecule has 1 aromatic carbocycles. The number of nitrogens with one attached hydrogen (secondary N) is 2. The molecule has 2 N–H and O–H groups in total. The number of amides is 1. The second-order valence-electron chi connectivity index (χ2n) is 8.54. The van der Waals surface area contributed by atoms with E-state index in [1.54, 1.807) is 24.3 Å². The molecule has 192 valence electrons. The van der Waals surface area contributed by atoms with Crippen molar-refractivity contribution < 1.29 is 31.1 Å². The van der Waals surface area contributed by atoms with E-state index in [2.05, 4.69) is 31.0 Å². The van der Waals surface area contributed by atoms with E-state index in [1.165, 1.54) is 0 Å². The van der Waals surface area contributed by atoms with Gasteiger partial charge in [0.25, 0.3) is 0 Å². The van der Waals surface area contributed by atoms with Crippen LogP contribution in [0.15, 0.2) is 36.5 Å². The number of carbonyl (C=O) groups excluding carboxylic acids is 1. The van der Waals surface area contributed by atoms with Crippen LogP contribution in [-0.4, -0.2) is 48.7 Å². The molecule has 1 aliphatic rings. The zero-order valence-corrected chi connectivity index (χ0v) is 18.9. The molecule has 3 heterocycles. The molecule has 0 fully saturated rings. The van der Waals surface area contributed by atoms with Crippen molar-refractivity contribution in [2.24, 2.45) is 0 Å². The molecule has 0 saturated heterocycles. The maximum atomic E-state index is 14.8. The van der Waals surface area contributed by atoms with Gasteiger partial charge in [-0.05, 0) is 36.1 Å². The highest BCUT2D eigenvalue weighted by atomic mass is 19.4. The third-order valence-electron chi connectivity index (χ3n) is 5.94. The molecule has 0 saturated carbocycles. The number of hydrogen-bond donors (Lipinski definition) is 2. The maximum Gasteiger partial charge on any atom is 0.416 e. The first-order valence-electron chi connectivity index (χ1n) is 10.9. The third kappa shape index (κ3) is 5.11. The van der Waals surface area contributed by atoms with E-state index in [9.17, 15) is 31.1 Å². The molecule has 0 bridgehead atoms. The summed E-state index contributed by atoms with van der Waals surface area (Å²) in [6.45, 7) is 1.70. The van der Waals surface area contributed by atoms with Gasteiger partial charge in [-0.3, -0.25) is 9.48 Å². The van der Waals surface area contributed by atoms with Gasteiger partial charge < -0.3 is 5.32 Å². The van der Waals surface area contributed by atoms with Crippen molar-refractivity contribution in [2.75, 3.05) is 0 Å². The summed E-state index contributed by atoms with van der Waals surface area (Å²) in [6, 6.07) is 6.71. The molecule has 14 heteroatoms. The number of nitrogens with zero attached hydrogens (tertiary/aromatic N) is 5. The predicted molar refractivity (Wildman–Crippen MR) is 115 cm³/mol. The second kappa shape index (κ2) is 9.39. The molecule has 0 radical (unpaired) electrons. The maximum absolute atomic E-state index is 14.8. The number of unbranched alkanes of at least 4 members (excludes halogenated alkanes) is 1. The second-order valence-corrected chi connectivity index (χ2v) is 8.54. The molecular weight excluding hydrogens is 492 g/mol. The van der Waals surface area contributed by atoms with Gasteiger partial charge >= 0.3 is 12.4 Å². The highest BCUT2D eigenvalue weighted by Gasteiger charge is 2.60. The van der Waals surface area contributed by atoms with Crippen molar-refractivity contribution in [2.45, 2.75) is 57.0 Å². The zero-order chi connectivity index (χ0) is 26.1. The fourth-order valence-corrected chi connectivity index (χ4v) is 4.18. The average Bonchev–Trinajstić information content (AvgIpc) is 3.45. The van der Waals surface area contributed by atoms with Crippen LogP contribution in [0.2, 0.25) is 0 Å². The Hall–Kier alpha value is -3.71. The Balaban J connectivity index is 1.77. The van der Waals surface area contributed by atoms with E-state index in [0.717, 1.165) is 22.5 Å². The molecule has 2 aromatic heterocycles. The predicted octanol–water partition coefficient (Wildman–Crippen LogP) is 4.47. The van der Waals surface area contributed by atoms with Crippen LogP contribution in [0.1, 0.15) is 42.4 Å². The number of rotatable bonds is 7. The Morgan fingerprint density at radius 3 is 2.42 bits per heavy atom. The molecule has 0 aliphatic carbocycles. The average molecular weight is 513 g/mol. The Bertz CT molecular complexity index is 1250. The monoisotopic (exact) mass is 513 g/mol. The summed E-state index contributed by atoms with van der Waals surface area (Å²) in [7, 11) is 0. The number of hydrogen-bond acceptors (Lipinski definition) is 5. The Morgan fingerprint density at radius 1 is 1.08 bits per heavy atom. The van der Waals surface area contributed by atoms with Gasteiger partial charge in [-0.25, -0.2) is 0 Å². The highest BCUT2D eigenvalue weighted by Crippen LogP contribution is 2.49. The van der Waals surface area contributed by atoms with E-state index < -0.39 is 42.2 Å². The number of carbonyl (C=O) groups is 1. The van der Waals surface area contributed by atoms with E-state index >= 15 is 0 Å². The van der Waals surface area contributed by atoms with Crippen molar-refractivity contribution in [3.05, 3.63) is 53.2 Å². The fourth-order valence-electron chi connectivity index (χ4n) is 4.18. The third-order valence-corrected chi connectivity index (χ3v) is 5.94. The van der Waals surface area contributed by atoms with Crippen LogP contribution in [-0.2, 0) is 16.9 Å². The fraction of sp³-hybridized carbons (Fsp3) is 0.409. The smallest absolute Gasteiger partial charge is 0.334 e. The summed E-state index contributed by atoms with van der Waals surface area (Å²) < 4.78 is 83.1. The SMILES string of the molecule is Cc1ccc(C2=CC(=O)NC(c3cnn(CCCCC(F)(F)F)c3-c3nn[nH]n3)(C(F)(F)F)C2)cc1. The van der Waals surface area contributed by atoms with Gasteiger partial charge in [0.05, 0.1) is 6.20 Å². The first-order chi connectivity index (χ1) is 16.9. The van der Waals surface area contributed by atoms with Crippen molar-refractivity contribution in [3.8, 4) is 11.5 Å². The van der Waals surface area contributed by atoms with Gasteiger partial charge in [0.15, 0.2) is 5.54 Å². The van der Waals surface area contributed by atoms with Crippen molar-refractivity contribution in [3.63, 3.8) is 0 Å². The van der Waals surface area contributed by atoms with Crippen LogP contribution in [0.25, 0.3) is 17.1 Å². The standard InChI is InChI=1S/C22H21F6N7O/c1-13-4-6-14(7-5-13)15-10-17(36)30-20(11-15,22(26,27)28)16-12-29-35(9-3-2-8-21(23,24)25)18(16)19-31-33-34-32-19/h4-7,10,12H,2-3,8-9,11H2,1H3,(H,30,36)(H,31,32,33,34). The Labute approximate surface area is 200 Å². The van der Waals surface area contributed by atoms with Gasteiger partial charge in [-0.15, -0.1) is 10.2 Å². The van der Waals surface area contributed by atoms with Crippen molar-refractivity contribution in [1.82, 2.24) is 35.7 Å². The van der Waals surface area contributed by atoms with Gasteiger partial charge in [0.2, 0.25) is 11.7 Å². The molecule has 1 aliphatic heterocycles. The molecular formula is C22H21F6N7O. The van der Waals surface area contributed by atoms with Gasteiger partial charge in [-0.1, -0.05) is 29.8 Å². The molecule has 0 spiro atoms. The minimum atomic E-state index is -4.98. The minimum Gasteiger partial charge on any atom is -0.334 e. The first-order valence-corrected chi connectivity index (χ1v) is 10.9. The van der Waals surface area contributed by atoms with E-state index in [1.807, 2.05) is 6.92 Å². The number of benzene rings is 1. The summed E-state index contributed by atoms with van der Waals surface area (Å²) in [5.74, 6) is -1.19. The Morgan fingerprint density at radius 2 is 1.81 bits per heavy atom. The topological polar surface area (TPSA) is 101 Å². The molecule has 4 rings (SSSR count). The summed E-state index contributed by atoms with van der Waals surface area (Å²) in [4.78, 5) is 12.6. The number of H-pyrrole nitrogens is 1. The van der Waals surface area contributed by atoms with Crippen LogP contribution in [0.4, 0.5) is 26.3 Å². The number of aromatic amines is 1. The number of alkyl halides is 6. The lowest BCUT2D eigenvalue weighted by Crippen LogP contribution is -2.57. The van der Waals surface area contributed by atoms with Crippen LogP contribution in [0, 0.1) is 6.92 Å². The molecule has 1 atom stereocenters. The van der Waals surface area contributed by atoms with Gasteiger partial charge in [-0.2, -0.15) is 36.7 Å². The number of aryl methyl sites for hydroxylation is 2. The number of tetrazole rings is 1. The lowest BCUT2D eigenvalue weighted by Gasteiger charge is -2.39. The van der Waals surface area contributed by atoms with Crippen LogP contribution in [0.5, 0.6) is 0 Å².